The first-order chi connectivity index (χ1) is 17.0. The van der Waals surface area contributed by atoms with E-state index in [1.807, 2.05) is 0 Å². The van der Waals surface area contributed by atoms with E-state index in [4.69, 9.17) is 0 Å². The number of aryl methyl sites for hydroxylation is 1. The van der Waals surface area contributed by atoms with Gasteiger partial charge >= 0.3 is 26.2 Å². The Morgan fingerprint density at radius 2 is 1.21 bits per heavy atom. The number of hydrogen-bond acceptors (Lipinski definition) is 0. The van der Waals surface area contributed by atoms with E-state index in [-0.39, 0.29) is 51.0 Å². The van der Waals surface area contributed by atoms with Crippen molar-refractivity contribution in [3.05, 3.63) is 130 Å². The van der Waals surface area contributed by atoms with Crippen LogP contribution in [0.15, 0.2) is 102 Å². The summed E-state index contributed by atoms with van der Waals surface area (Å²) in [5.41, 5.74) is 18.1. The minimum absolute atomic E-state index is 0. The molecule has 0 nitrogen and oxygen atoms in total. The minimum atomic E-state index is 0. The summed E-state index contributed by atoms with van der Waals surface area (Å²) in [7, 11) is 0.799. The van der Waals surface area contributed by atoms with Crippen LogP contribution in [0, 0.1) is 6.92 Å². The molecule has 0 N–H and O–H groups in total. The van der Waals surface area contributed by atoms with Crippen molar-refractivity contribution in [2.24, 2.45) is 0 Å². The van der Waals surface area contributed by atoms with Crippen molar-refractivity contribution >= 4 is 21.2 Å². The maximum atomic E-state index is 2.45. The van der Waals surface area contributed by atoms with Gasteiger partial charge in [0.2, 0.25) is 0 Å². The summed E-state index contributed by atoms with van der Waals surface area (Å²) in [4.78, 5) is 0. The topological polar surface area (TPSA) is 0 Å². The molecule has 0 spiro atoms. The number of hydrogen-bond donors (Lipinski definition) is 0. The van der Waals surface area contributed by atoms with E-state index in [0.29, 0.717) is 11.1 Å². The molecule has 38 heavy (non-hydrogen) atoms. The van der Waals surface area contributed by atoms with Crippen LogP contribution in [0.2, 0.25) is 0 Å². The number of rotatable bonds is 4. The minimum Gasteiger partial charge on any atom is -1.00 e. The fourth-order valence-electron chi connectivity index (χ4n) is 6.02. The van der Waals surface area contributed by atoms with Gasteiger partial charge in [0.15, 0.2) is 0 Å². The standard InChI is InChI=1S/C34H30Si.2ClH.Zr/c1-21-18-19-29-32(31(21)26-14-9-6-10-15-26)23(3)24(4)34(29)35-33-22(2)20-30-27(16-11-17-28(30)33)25-12-7-5-8-13-25;;;/h5-20,33-34H,1-4H3;2*1H;/q;;;+2/p-2. The molecule has 2 unspecified atom stereocenters. The number of allylic oxidation sites excluding steroid dienone is 3. The summed E-state index contributed by atoms with van der Waals surface area (Å²) in [6.45, 7) is 9.29. The predicted molar refractivity (Wildman–Crippen MR) is 152 cm³/mol. The van der Waals surface area contributed by atoms with E-state index < -0.39 is 0 Å². The van der Waals surface area contributed by atoms with Crippen molar-refractivity contribution < 1.29 is 51.0 Å². The van der Waals surface area contributed by atoms with E-state index in [9.17, 15) is 0 Å². The second-order valence-corrected chi connectivity index (χ2v) is 11.5. The summed E-state index contributed by atoms with van der Waals surface area (Å²) in [6, 6.07) is 33.4. The van der Waals surface area contributed by atoms with Gasteiger partial charge in [0.05, 0.1) is 9.52 Å². The Hall–Kier alpha value is -1.96. The second kappa shape index (κ2) is 12.5. The third-order valence-corrected chi connectivity index (χ3v) is 10.1. The fourth-order valence-corrected chi connectivity index (χ4v) is 8.01. The fraction of sp³-hybridized carbons (Fsp3) is 0.176. The first-order valence-corrected chi connectivity index (χ1v) is 13.7. The Labute approximate surface area is 261 Å². The van der Waals surface area contributed by atoms with Crippen LogP contribution in [0.4, 0.5) is 0 Å². The van der Waals surface area contributed by atoms with Crippen LogP contribution in [0.25, 0.3) is 33.9 Å². The Morgan fingerprint density at radius 1 is 0.579 bits per heavy atom. The molecule has 0 saturated carbocycles. The molecule has 0 bridgehead atoms. The van der Waals surface area contributed by atoms with Crippen molar-refractivity contribution in [2.45, 2.75) is 38.8 Å². The van der Waals surface area contributed by atoms with Gasteiger partial charge in [-0.25, -0.2) is 0 Å². The van der Waals surface area contributed by atoms with Crippen LogP contribution in [0.5, 0.6) is 0 Å². The molecule has 0 heterocycles. The normalized spacial score (nSPS) is 17.0. The van der Waals surface area contributed by atoms with Gasteiger partial charge in [0.1, 0.15) is 0 Å². The molecule has 6 rings (SSSR count). The maximum absolute atomic E-state index is 2.45. The molecule has 188 valence electrons. The molecule has 0 aromatic heterocycles. The summed E-state index contributed by atoms with van der Waals surface area (Å²) < 4.78 is 0. The largest absolute Gasteiger partial charge is 2.00 e. The molecule has 2 atom stereocenters. The van der Waals surface area contributed by atoms with Gasteiger partial charge in [-0.1, -0.05) is 108 Å². The molecule has 2 aliphatic carbocycles. The van der Waals surface area contributed by atoms with Crippen molar-refractivity contribution in [2.75, 3.05) is 0 Å². The average Bonchev–Trinajstić information content (AvgIpc) is 3.33. The summed E-state index contributed by atoms with van der Waals surface area (Å²) >= 11 is 0. The van der Waals surface area contributed by atoms with Crippen molar-refractivity contribution in [3.8, 4) is 22.3 Å². The van der Waals surface area contributed by atoms with Crippen LogP contribution in [0.3, 0.4) is 0 Å². The zero-order chi connectivity index (χ0) is 24.1. The molecular weight excluding hydrogens is 599 g/mol. The summed E-state index contributed by atoms with van der Waals surface area (Å²) in [5.74, 6) is 0. The monoisotopic (exact) mass is 626 g/mol. The first kappa shape index (κ1) is 30.6. The van der Waals surface area contributed by atoms with Crippen LogP contribution >= 0.6 is 0 Å². The number of benzene rings is 4. The first-order valence-electron chi connectivity index (χ1n) is 12.5. The third kappa shape index (κ3) is 5.14. The van der Waals surface area contributed by atoms with Gasteiger partial charge < -0.3 is 24.8 Å². The van der Waals surface area contributed by atoms with Crippen LogP contribution in [-0.4, -0.2) is 9.52 Å². The maximum Gasteiger partial charge on any atom is 2.00 e. The Balaban J connectivity index is 0.00000133. The SMILES string of the molecule is CC1=Cc2c(-c3ccccc3)cccc2C1[Si]C1C(C)=C(C)c2c1ccc(C)c2-c1ccccc1.[Cl-].[Cl-].[Zr+2]. The molecule has 0 saturated heterocycles. The Morgan fingerprint density at radius 3 is 1.87 bits per heavy atom. The van der Waals surface area contributed by atoms with Crippen molar-refractivity contribution in [3.63, 3.8) is 0 Å². The molecule has 0 aliphatic heterocycles. The van der Waals surface area contributed by atoms with E-state index in [0.717, 1.165) is 9.52 Å². The van der Waals surface area contributed by atoms with E-state index >= 15 is 0 Å². The zero-order valence-electron chi connectivity index (χ0n) is 22.1. The van der Waals surface area contributed by atoms with Gasteiger partial charge in [0, 0.05) is 0 Å². The van der Waals surface area contributed by atoms with E-state index in [1.165, 1.54) is 61.2 Å². The molecule has 0 fully saturated rings. The quantitative estimate of drug-likeness (QED) is 0.305. The Kier molecular flexibility index (Phi) is 10.0. The van der Waals surface area contributed by atoms with E-state index in [1.54, 1.807) is 5.57 Å². The molecule has 0 amide bonds. The molecular formula is C34H30Cl2SiZr. The Bertz CT molecular complexity index is 1510. The molecule has 4 heteroatoms. The summed E-state index contributed by atoms with van der Waals surface area (Å²) in [6.07, 6.45) is 2.45. The summed E-state index contributed by atoms with van der Waals surface area (Å²) in [5, 5.41) is 0. The van der Waals surface area contributed by atoms with Crippen molar-refractivity contribution in [1.29, 1.82) is 0 Å². The van der Waals surface area contributed by atoms with Gasteiger partial charge in [-0.3, -0.25) is 0 Å². The van der Waals surface area contributed by atoms with Gasteiger partial charge in [-0.2, -0.15) is 0 Å². The predicted octanol–water partition coefficient (Wildman–Crippen LogP) is 3.05. The van der Waals surface area contributed by atoms with Crippen LogP contribution in [0.1, 0.15) is 59.7 Å². The van der Waals surface area contributed by atoms with E-state index in [2.05, 4.69) is 125 Å². The third-order valence-electron chi connectivity index (χ3n) is 7.92. The second-order valence-electron chi connectivity index (χ2n) is 9.99. The smallest absolute Gasteiger partial charge is 1.00 e. The number of halogens is 2. The van der Waals surface area contributed by atoms with Crippen LogP contribution in [-0.2, 0) is 26.2 Å². The van der Waals surface area contributed by atoms with Crippen molar-refractivity contribution in [1.82, 2.24) is 0 Å². The van der Waals surface area contributed by atoms with Crippen LogP contribution < -0.4 is 24.8 Å². The van der Waals surface area contributed by atoms with Gasteiger partial charge in [0.25, 0.3) is 0 Å². The average molecular weight is 629 g/mol. The zero-order valence-corrected chi connectivity index (χ0v) is 27.1. The van der Waals surface area contributed by atoms with Gasteiger partial charge in [-0.15, -0.1) is 0 Å². The molecule has 4 aromatic rings. The number of fused-ring (bicyclic) bond motifs is 2. The molecule has 2 aliphatic rings. The molecule has 4 aromatic carbocycles. The van der Waals surface area contributed by atoms with Gasteiger partial charge in [-0.05, 0) is 94.4 Å². The molecule has 2 radical (unpaired) electrons.